The van der Waals surface area contributed by atoms with Crippen LogP contribution in [0, 0.1) is 0 Å². The van der Waals surface area contributed by atoms with E-state index in [2.05, 4.69) is 10.1 Å². The van der Waals surface area contributed by atoms with Crippen LogP contribution in [-0.2, 0) is 13.6 Å². The number of nitrogens with two attached hydrogens (primary N) is 1. The first-order chi connectivity index (χ1) is 9.13. The minimum atomic E-state index is 0.0993. The number of amidine groups is 1. The molecule has 0 aliphatic rings. The highest BCUT2D eigenvalue weighted by molar-refractivity contribution is 6.02. The van der Waals surface area contributed by atoms with Crippen LogP contribution in [0.2, 0.25) is 0 Å². The summed E-state index contributed by atoms with van der Waals surface area (Å²) in [5.41, 5.74) is 7.27. The third-order valence-electron chi connectivity index (χ3n) is 3.00. The van der Waals surface area contributed by atoms with E-state index in [1.54, 1.807) is 6.20 Å². The molecule has 2 rings (SSSR count). The Balaban J connectivity index is 2.29. The van der Waals surface area contributed by atoms with Gasteiger partial charge in [0.15, 0.2) is 5.84 Å². The average Bonchev–Trinajstić information content (AvgIpc) is 2.83. The second-order valence-corrected chi connectivity index (χ2v) is 4.31. The van der Waals surface area contributed by atoms with Crippen LogP contribution >= 0.6 is 0 Å². The molecule has 0 saturated carbocycles. The number of anilines is 1. The summed E-state index contributed by atoms with van der Waals surface area (Å²) in [7, 11) is 3.89. The Bertz CT molecular complexity index is 590. The maximum atomic E-state index is 8.82. The third-order valence-corrected chi connectivity index (χ3v) is 3.00. The van der Waals surface area contributed by atoms with Gasteiger partial charge in [0.1, 0.15) is 5.82 Å². The van der Waals surface area contributed by atoms with Crippen molar-refractivity contribution in [1.29, 1.82) is 0 Å². The minimum Gasteiger partial charge on any atom is -0.409 e. The van der Waals surface area contributed by atoms with E-state index in [0.29, 0.717) is 12.1 Å². The smallest absolute Gasteiger partial charge is 0.172 e. The van der Waals surface area contributed by atoms with Crippen LogP contribution < -0.4 is 10.6 Å². The van der Waals surface area contributed by atoms with E-state index < -0.39 is 0 Å². The van der Waals surface area contributed by atoms with Gasteiger partial charge in [-0.2, -0.15) is 0 Å². The largest absolute Gasteiger partial charge is 0.409 e. The fourth-order valence-corrected chi connectivity index (χ4v) is 1.92. The van der Waals surface area contributed by atoms with Gasteiger partial charge in [-0.05, 0) is 12.1 Å². The average molecular weight is 259 g/mol. The van der Waals surface area contributed by atoms with Crippen molar-refractivity contribution >= 4 is 11.5 Å². The first-order valence-electron chi connectivity index (χ1n) is 5.87. The number of imidazole rings is 1. The second kappa shape index (κ2) is 5.43. The van der Waals surface area contributed by atoms with Crippen molar-refractivity contribution in [3.63, 3.8) is 0 Å². The molecule has 0 fully saturated rings. The molecule has 100 valence electrons. The lowest BCUT2D eigenvalue weighted by molar-refractivity contribution is 0.318. The molecule has 0 bridgehead atoms. The van der Waals surface area contributed by atoms with E-state index in [9.17, 15) is 0 Å². The number of para-hydroxylation sites is 1. The lowest BCUT2D eigenvalue weighted by atomic mass is 10.1. The number of hydrogen-bond donors (Lipinski definition) is 2. The van der Waals surface area contributed by atoms with Gasteiger partial charge < -0.3 is 20.4 Å². The quantitative estimate of drug-likeness (QED) is 0.373. The number of benzene rings is 1. The van der Waals surface area contributed by atoms with E-state index in [4.69, 9.17) is 10.9 Å². The molecular weight excluding hydrogens is 242 g/mol. The first kappa shape index (κ1) is 12.9. The van der Waals surface area contributed by atoms with Crippen molar-refractivity contribution in [3.05, 3.63) is 48.0 Å². The Morgan fingerprint density at radius 2 is 2.21 bits per heavy atom. The first-order valence-corrected chi connectivity index (χ1v) is 5.87. The van der Waals surface area contributed by atoms with Gasteiger partial charge in [0, 0.05) is 37.7 Å². The second-order valence-electron chi connectivity index (χ2n) is 4.31. The molecule has 1 aromatic heterocycles. The summed E-state index contributed by atoms with van der Waals surface area (Å²) in [4.78, 5) is 6.30. The molecule has 0 radical (unpaired) electrons. The van der Waals surface area contributed by atoms with Gasteiger partial charge in [0.05, 0.1) is 6.54 Å². The zero-order chi connectivity index (χ0) is 13.8. The van der Waals surface area contributed by atoms with Crippen LogP contribution in [0.25, 0.3) is 0 Å². The fourth-order valence-electron chi connectivity index (χ4n) is 1.92. The van der Waals surface area contributed by atoms with Gasteiger partial charge >= 0.3 is 0 Å². The van der Waals surface area contributed by atoms with E-state index in [0.717, 1.165) is 11.5 Å². The molecule has 0 spiro atoms. The van der Waals surface area contributed by atoms with Gasteiger partial charge in [0.25, 0.3) is 0 Å². The number of hydrogen-bond acceptors (Lipinski definition) is 4. The summed E-state index contributed by atoms with van der Waals surface area (Å²) >= 11 is 0. The van der Waals surface area contributed by atoms with Crippen LogP contribution in [0.1, 0.15) is 11.4 Å². The SMILES string of the molecule is CN(Cc1nccn1C)c1ccccc1C(N)=NO. The van der Waals surface area contributed by atoms with Crippen molar-refractivity contribution in [1.82, 2.24) is 9.55 Å². The summed E-state index contributed by atoms with van der Waals surface area (Å²) in [5.74, 6) is 1.04. The Kier molecular flexibility index (Phi) is 3.70. The Morgan fingerprint density at radius 3 is 2.84 bits per heavy atom. The molecule has 2 aromatic rings. The van der Waals surface area contributed by atoms with Crippen LogP contribution in [0.15, 0.2) is 41.8 Å². The maximum Gasteiger partial charge on any atom is 0.172 e. The fraction of sp³-hybridized carbons (Fsp3) is 0.231. The highest BCUT2D eigenvalue weighted by atomic mass is 16.4. The summed E-state index contributed by atoms with van der Waals surface area (Å²) in [6, 6.07) is 7.51. The number of aryl methyl sites for hydroxylation is 1. The predicted octanol–water partition coefficient (Wildman–Crippen LogP) is 1.15. The monoisotopic (exact) mass is 259 g/mol. The molecule has 0 aliphatic carbocycles. The van der Waals surface area contributed by atoms with Crippen LogP contribution in [0.3, 0.4) is 0 Å². The Labute approximate surface area is 111 Å². The van der Waals surface area contributed by atoms with Crippen molar-refractivity contribution in [2.45, 2.75) is 6.54 Å². The van der Waals surface area contributed by atoms with Gasteiger partial charge in [0.2, 0.25) is 0 Å². The molecule has 0 saturated heterocycles. The standard InChI is InChI=1S/C13H17N5O/c1-17-8-7-15-12(17)9-18(2)11-6-4-3-5-10(11)13(14)16-19/h3-8,19H,9H2,1-2H3,(H2,14,16). The van der Waals surface area contributed by atoms with E-state index in [1.165, 1.54) is 0 Å². The van der Waals surface area contributed by atoms with Crippen LogP contribution in [0.5, 0.6) is 0 Å². The van der Waals surface area contributed by atoms with Gasteiger partial charge in [-0.3, -0.25) is 0 Å². The van der Waals surface area contributed by atoms with E-state index in [-0.39, 0.29) is 5.84 Å². The lowest BCUT2D eigenvalue weighted by Crippen LogP contribution is -2.23. The van der Waals surface area contributed by atoms with Crippen LogP contribution in [0.4, 0.5) is 5.69 Å². The minimum absolute atomic E-state index is 0.0993. The zero-order valence-corrected chi connectivity index (χ0v) is 11.0. The summed E-state index contributed by atoms with van der Waals surface area (Å²) < 4.78 is 1.96. The Hall–Kier alpha value is -2.50. The number of nitrogens with zero attached hydrogens (tertiary/aromatic N) is 4. The number of aromatic nitrogens is 2. The molecule has 0 unspecified atom stereocenters. The predicted molar refractivity (Wildman–Crippen MR) is 74.3 cm³/mol. The topological polar surface area (TPSA) is 79.7 Å². The lowest BCUT2D eigenvalue weighted by Gasteiger charge is -2.21. The molecule has 1 aromatic carbocycles. The Morgan fingerprint density at radius 1 is 1.47 bits per heavy atom. The highest BCUT2D eigenvalue weighted by Gasteiger charge is 2.12. The molecule has 6 heteroatoms. The maximum absolute atomic E-state index is 8.82. The summed E-state index contributed by atoms with van der Waals surface area (Å²) in [6.45, 7) is 0.638. The van der Waals surface area contributed by atoms with Crippen molar-refractivity contribution in [2.24, 2.45) is 17.9 Å². The highest BCUT2D eigenvalue weighted by Crippen LogP contribution is 2.20. The summed E-state index contributed by atoms with van der Waals surface area (Å²) in [5, 5.41) is 11.9. The van der Waals surface area contributed by atoms with Crippen LogP contribution in [-0.4, -0.2) is 27.6 Å². The normalized spacial score (nSPS) is 11.6. The molecule has 0 aliphatic heterocycles. The van der Waals surface area contributed by atoms with Gasteiger partial charge in [-0.25, -0.2) is 4.98 Å². The molecule has 19 heavy (non-hydrogen) atoms. The summed E-state index contributed by atoms with van der Waals surface area (Å²) in [6.07, 6.45) is 3.66. The molecular formula is C13H17N5O. The molecule has 0 amide bonds. The number of rotatable bonds is 4. The van der Waals surface area contributed by atoms with E-state index in [1.807, 2.05) is 54.0 Å². The molecule has 3 N–H and O–H groups in total. The van der Waals surface area contributed by atoms with Crippen molar-refractivity contribution in [3.8, 4) is 0 Å². The van der Waals surface area contributed by atoms with Gasteiger partial charge in [-0.1, -0.05) is 17.3 Å². The zero-order valence-electron chi connectivity index (χ0n) is 11.0. The molecule has 6 nitrogen and oxygen atoms in total. The molecule has 0 atom stereocenters. The third kappa shape index (κ3) is 2.67. The number of oxime groups is 1. The van der Waals surface area contributed by atoms with Crippen molar-refractivity contribution in [2.75, 3.05) is 11.9 Å². The van der Waals surface area contributed by atoms with Crippen molar-refractivity contribution < 1.29 is 5.21 Å². The molecule has 1 heterocycles. The van der Waals surface area contributed by atoms with E-state index >= 15 is 0 Å². The van der Waals surface area contributed by atoms with Gasteiger partial charge in [-0.15, -0.1) is 0 Å².